The molecule has 0 aliphatic rings. The van der Waals surface area contributed by atoms with Gasteiger partial charge in [-0.15, -0.1) is 0 Å². The molecular formula is C31H64NO5P. The average molecular weight is 562 g/mol. The van der Waals surface area contributed by atoms with Crippen LogP contribution in [0, 0.1) is 0 Å². The van der Waals surface area contributed by atoms with Crippen LogP contribution in [0.4, 0.5) is 0 Å². The van der Waals surface area contributed by atoms with E-state index in [0.717, 1.165) is 12.8 Å². The highest BCUT2D eigenvalue weighted by atomic mass is 31.2. The molecule has 0 saturated carbocycles. The first-order valence-corrected chi connectivity index (χ1v) is 17.1. The molecule has 7 heteroatoms. The molecule has 0 rings (SSSR count). The molecule has 0 aromatic rings. The van der Waals surface area contributed by atoms with Gasteiger partial charge in [-0.3, -0.25) is 0 Å². The number of hydrogen-bond acceptors (Lipinski definition) is 5. The lowest BCUT2D eigenvalue weighted by Gasteiger charge is -2.41. The van der Waals surface area contributed by atoms with Gasteiger partial charge in [0.1, 0.15) is 6.10 Å². The average Bonchev–Trinajstić information content (AvgIpc) is 2.80. The van der Waals surface area contributed by atoms with Gasteiger partial charge in [0.05, 0.1) is 40.0 Å². The summed E-state index contributed by atoms with van der Waals surface area (Å²) in [5.41, 5.74) is -0.404. The molecule has 0 aromatic carbocycles. The second-order valence-corrected chi connectivity index (χ2v) is 14.6. The van der Waals surface area contributed by atoms with Crippen LogP contribution in [0.3, 0.4) is 0 Å². The van der Waals surface area contributed by atoms with E-state index >= 15 is 0 Å². The standard InChI is InChI=1S/C31H64NO5P/c1-9-11-12-13-14-15-16-17-18-19-20-21-22-23-24-25-26-35-27-29(37-31(3,4)5)28-36-38(33,34)30(10-2)32(6,7)8/h16-17,29-30H,9-15,18-28H2,1-8H3/b17-16-/t29-,30?/m1/s1. The van der Waals surface area contributed by atoms with Crippen molar-refractivity contribution >= 4 is 7.60 Å². The summed E-state index contributed by atoms with van der Waals surface area (Å²) in [6, 6.07) is 0. The van der Waals surface area contributed by atoms with Crippen molar-refractivity contribution in [3.63, 3.8) is 0 Å². The lowest BCUT2D eigenvalue weighted by Crippen LogP contribution is -2.47. The highest BCUT2D eigenvalue weighted by Gasteiger charge is 2.34. The van der Waals surface area contributed by atoms with Gasteiger partial charge in [0.25, 0.3) is 0 Å². The fourth-order valence-corrected chi connectivity index (χ4v) is 6.59. The molecule has 0 aliphatic carbocycles. The molecule has 0 amide bonds. The van der Waals surface area contributed by atoms with Crippen LogP contribution in [0.15, 0.2) is 12.2 Å². The van der Waals surface area contributed by atoms with Gasteiger partial charge in [-0.2, -0.15) is 0 Å². The Balaban J connectivity index is 4.01. The van der Waals surface area contributed by atoms with Crippen LogP contribution in [0.5, 0.6) is 0 Å². The number of unbranched alkanes of at least 4 members (excludes halogenated alkanes) is 12. The highest BCUT2D eigenvalue weighted by molar-refractivity contribution is 7.51. The van der Waals surface area contributed by atoms with E-state index in [1.807, 2.05) is 48.8 Å². The predicted molar refractivity (Wildman–Crippen MR) is 161 cm³/mol. The van der Waals surface area contributed by atoms with Crippen molar-refractivity contribution in [2.24, 2.45) is 0 Å². The number of quaternary nitrogens is 1. The predicted octanol–water partition coefficient (Wildman–Crippen LogP) is 8.24. The Bertz CT molecular complexity index is 627. The second-order valence-electron chi connectivity index (χ2n) is 12.7. The molecule has 0 aromatic heterocycles. The third-order valence-corrected chi connectivity index (χ3v) is 8.99. The number of ether oxygens (including phenoxy) is 2. The summed E-state index contributed by atoms with van der Waals surface area (Å²) in [5, 5.41) is 0. The maximum atomic E-state index is 12.8. The minimum atomic E-state index is -4.04. The van der Waals surface area contributed by atoms with Gasteiger partial charge in [0.15, 0.2) is 13.4 Å². The molecule has 0 spiro atoms. The SMILES string of the molecule is CCCCCCC/C=C\CCCCCCCCCOC[C@H](COP(=O)([O-])C(CC)[N+](C)(C)C)OC(C)(C)C. The Labute approximate surface area is 237 Å². The fourth-order valence-electron chi connectivity index (χ4n) is 4.75. The Kier molecular flexibility index (Phi) is 21.4. The summed E-state index contributed by atoms with van der Waals surface area (Å²) in [5.74, 6) is -0.583. The minimum absolute atomic E-state index is 0.0112. The topological polar surface area (TPSA) is 67.8 Å². The van der Waals surface area contributed by atoms with Crippen LogP contribution >= 0.6 is 7.60 Å². The summed E-state index contributed by atoms with van der Waals surface area (Å²) >= 11 is 0. The van der Waals surface area contributed by atoms with Crippen molar-refractivity contribution in [1.82, 2.24) is 0 Å². The van der Waals surface area contributed by atoms with Gasteiger partial charge in [0, 0.05) is 13.0 Å². The number of nitrogens with zero attached hydrogens (tertiary/aromatic N) is 1. The third-order valence-electron chi connectivity index (χ3n) is 6.69. The van der Waals surface area contributed by atoms with Crippen LogP contribution in [0.25, 0.3) is 0 Å². The van der Waals surface area contributed by atoms with E-state index in [9.17, 15) is 9.46 Å². The van der Waals surface area contributed by atoms with Crippen LogP contribution < -0.4 is 4.89 Å². The Morgan fingerprint density at radius 1 is 0.789 bits per heavy atom. The molecule has 0 saturated heterocycles. The highest BCUT2D eigenvalue weighted by Crippen LogP contribution is 2.47. The Hall–Kier alpha value is -0.230. The van der Waals surface area contributed by atoms with Crippen LogP contribution in [-0.2, 0) is 18.6 Å². The molecule has 6 nitrogen and oxygen atoms in total. The van der Waals surface area contributed by atoms with Gasteiger partial charge in [-0.05, 0) is 52.9 Å². The Morgan fingerprint density at radius 2 is 1.29 bits per heavy atom. The molecule has 0 fully saturated rings. The summed E-state index contributed by atoms with van der Waals surface area (Å²) in [7, 11) is 1.60. The zero-order valence-electron chi connectivity index (χ0n) is 26.5. The van der Waals surface area contributed by atoms with Gasteiger partial charge in [-0.1, -0.05) is 83.8 Å². The van der Waals surface area contributed by atoms with Gasteiger partial charge < -0.3 is 27.9 Å². The van der Waals surface area contributed by atoms with Crippen LogP contribution in [0.2, 0.25) is 0 Å². The lowest BCUT2D eigenvalue weighted by molar-refractivity contribution is -0.884. The number of hydrogen-bond donors (Lipinski definition) is 0. The Morgan fingerprint density at radius 3 is 1.76 bits per heavy atom. The second kappa shape index (κ2) is 21.5. The van der Waals surface area contributed by atoms with E-state index in [4.69, 9.17) is 14.0 Å². The van der Waals surface area contributed by atoms with Crippen molar-refractivity contribution in [1.29, 1.82) is 0 Å². The van der Waals surface area contributed by atoms with Crippen molar-refractivity contribution in [3.05, 3.63) is 12.2 Å². The first-order chi connectivity index (χ1) is 17.8. The molecule has 2 unspecified atom stereocenters. The van der Waals surface area contributed by atoms with E-state index in [-0.39, 0.29) is 6.61 Å². The van der Waals surface area contributed by atoms with Gasteiger partial charge in [0.2, 0.25) is 0 Å². The molecular weight excluding hydrogens is 497 g/mol. The minimum Gasteiger partial charge on any atom is -0.774 e. The van der Waals surface area contributed by atoms with Crippen molar-refractivity contribution in [2.75, 3.05) is 41.0 Å². The molecule has 0 bridgehead atoms. The van der Waals surface area contributed by atoms with E-state index in [1.54, 1.807) is 0 Å². The maximum absolute atomic E-state index is 12.8. The molecule has 38 heavy (non-hydrogen) atoms. The number of allylic oxidation sites excluding steroid dienone is 2. The zero-order valence-corrected chi connectivity index (χ0v) is 27.4. The summed E-state index contributed by atoms with van der Waals surface area (Å²) < 4.78 is 30.5. The largest absolute Gasteiger partial charge is 0.774 e. The van der Waals surface area contributed by atoms with E-state index in [0.29, 0.717) is 24.1 Å². The molecule has 3 atom stereocenters. The van der Waals surface area contributed by atoms with E-state index in [2.05, 4.69) is 19.1 Å². The zero-order chi connectivity index (χ0) is 28.9. The first-order valence-electron chi connectivity index (χ1n) is 15.5. The van der Waals surface area contributed by atoms with E-state index in [1.165, 1.54) is 77.0 Å². The molecule has 228 valence electrons. The summed E-state index contributed by atoms with van der Waals surface area (Å²) in [6.07, 6.45) is 22.8. The van der Waals surface area contributed by atoms with Crippen molar-refractivity contribution < 1.29 is 27.9 Å². The maximum Gasteiger partial charge on any atom is 0.193 e. The summed E-state index contributed by atoms with van der Waals surface area (Å²) in [6.45, 7) is 11.0. The first kappa shape index (κ1) is 37.8. The number of rotatable bonds is 25. The van der Waals surface area contributed by atoms with Crippen LogP contribution in [0.1, 0.15) is 131 Å². The van der Waals surface area contributed by atoms with Crippen LogP contribution in [-0.4, -0.2) is 62.9 Å². The monoisotopic (exact) mass is 561 g/mol. The van der Waals surface area contributed by atoms with E-state index < -0.39 is 25.1 Å². The van der Waals surface area contributed by atoms with Crippen molar-refractivity contribution in [2.45, 2.75) is 148 Å². The third kappa shape index (κ3) is 21.6. The molecule has 0 heterocycles. The molecule has 0 aliphatic heterocycles. The fraction of sp³-hybridized carbons (Fsp3) is 0.935. The summed E-state index contributed by atoms with van der Waals surface area (Å²) in [4.78, 5) is 12.8. The van der Waals surface area contributed by atoms with Gasteiger partial charge >= 0.3 is 0 Å². The normalized spacial score (nSPS) is 16.1. The van der Waals surface area contributed by atoms with Crippen molar-refractivity contribution in [3.8, 4) is 0 Å². The quantitative estimate of drug-likeness (QED) is 0.0486. The molecule has 0 N–H and O–H groups in total. The van der Waals surface area contributed by atoms with Gasteiger partial charge in [-0.25, -0.2) is 0 Å². The molecule has 0 radical (unpaired) electrons. The lowest BCUT2D eigenvalue weighted by atomic mass is 10.1. The smallest absolute Gasteiger partial charge is 0.193 e.